The van der Waals surface area contributed by atoms with Gasteiger partial charge in [-0.05, 0) is 36.8 Å². The first-order valence-corrected chi connectivity index (χ1v) is 9.54. The maximum atomic E-state index is 13.5. The maximum absolute atomic E-state index is 13.5. The van der Waals surface area contributed by atoms with Gasteiger partial charge in [-0.3, -0.25) is 14.4 Å². The number of hydrogen-bond donors (Lipinski definition) is 0. The second kappa shape index (κ2) is 5.94. The summed E-state index contributed by atoms with van der Waals surface area (Å²) in [6, 6.07) is 0. The van der Waals surface area contributed by atoms with Crippen molar-refractivity contribution in [2.45, 2.75) is 39.7 Å². The molecule has 4 rings (SSSR count). The van der Waals surface area contributed by atoms with Crippen LogP contribution in [0.2, 0.25) is 0 Å². The van der Waals surface area contributed by atoms with E-state index in [-0.39, 0.29) is 53.7 Å². The fraction of sp³-hybridized carbons (Fsp3) is 0.667. The molecule has 1 saturated carbocycles. The van der Waals surface area contributed by atoms with E-state index >= 15 is 0 Å². The number of rotatable bonds is 2. The number of carbonyl (C=O) groups excluding carboxylic acids is 3. The second-order valence-electron chi connectivity index (χ2n) is 8.52. The predicted octanol–water partition coefficient (Wildman–Crippen LogP) is 2.43. The van der Waals surface area contributed by atoms with Gasteiger partial charge in [-0.1, -0.05) is 13.8 Å². The van der Waals surface area contributed by atoms with Gasteiger partial charge in [0.15, 0.2) is 11.5 Å². The molecule has 1 aliphatic heterocycles. The highest BCUT2D eigenvalue weighted by Crippen LogP contribution is 2.61. The van der Waals surface area contributed by atoms with E-state index in [9.17, 15) is 14.4 Å². The molecule has 4 aliphatic rings. The maximum Gasteiger partial charge on any atom is 0.306 e. The summed E-state index contributed by atoms with van der Waals surface area (Å²) in [6.07, 6.45) is 2.30. The van der Waals surface area contributed by atoms with Gasteiger partial charge in [-0.25, -0.2) is 0 Å². The van der Waals surface area contributed by atoms with Gasteiger partial charge < -0.3 is 14.2 Å². The van der Waals surface area contributed by atoms with Gasteiger partial charge in [0, 0.05) is 23.2 Å². The molecular weight excluding hydrogens is 348 g/mol. The first-order valence-electron chi connectivity index (χ1n) is 9.54. The van der Waals surface area contributed by atoms with Crippen LogP contribution < -0.4 is 0 Å². The topological polar surface area (TPSA) is 78.9 Å². The molecule has 0 aromatic carbocycles. The quantitative estimate of drug-likeness (QED) is 0.691. The summed E-state index contributed by atoms with van der Waals surface area (Å²) in [6.45, 7) is 5.78. The van der Waals surface area contributed by atoms with Gasteiger partial charge in [0.2, 0.25) is 11.6 Å². The molecule has 0 N–H and O–H groups in total. The van der Waals surface area contributed by atoms with E-state index in [2.05, 4.69) is 0 Å². The normalized spacial score (nSPS) is 43.4. The minimum Gasteiger partial charge on any atom is -0.493 e. The Morgan fingerprint density at radius 1 is 1.19 bits per heavy atom. The van der Waals surface area contributed by atoms with E-state index in [1.807, 2.05) is 26.8 Å². The average molecular weight is 374 g/mol. The number of ether oxygens (including phenoxy) is 3. The van der Waals surface area contributed by atoms with Crippen molar-refractivity contribution in [2.24, 2.45) is 35.0 Å². The third-order valence-corrected chi connectivity index (χ3v) is 7.46. The Bertz CT molecular complexity index is 792. The van der Waals surface area contributed by atoms with Crippen molar-refractivity contribution in [3.05, 3.63) is 23.2 Å². The molecule has 0 radical (unpaired) electrons. The van der Waals surface area contributed by atoms with Crippen LogP contribution in [0.25, 0.3) is 0 Å². The number of ketones is 2. The lowest BCUT2D eigenvalue weighted by Gasteiger charge is -2.58. The molecule has 27 heavy (non-hydrogen) atoms. The molecule has 6 heteroatoms. The van der Waals surface area contributed by atoms with Crippen LogP contribution in [0, 0.1) is 35.0 Å². The predicted molar refractivity (Wildman–Crippen MR) is 95.2 cm³/mol. The van der Waals surface area contributed by atoms with E-state index in [1.54, 1.807) is 0 Å². The lowest BCUT2D eigenvalue weighted by Crippen LogP contribution is -2.64. The van der Waals surface area contributed by atoms with Crippen LogP contribution >= 0.6 is 0 Å². The molecule has 0 spiro atoms. The van der Waals surface area contributed by atoms with Gasteiger partial charge in [0.05, 0.1) is 20.6 Å². The minimum atomic E-state index is -0.899. The SMILES string of the molecule is COC1=C[C@@H](C)[C@@H]2C[C@H]3OC(=O)C[C@H]4C(C)=C(OC)C(=O)[C@@H]([C@@H]34)[C@@]2(C)C1=O. The summed E-state index contributed by atoms with van der Waals surface area (Å²) in [5, 5.41) is 0. The molecule has 6 nitrogen and oxygen atoms in total. The standard InChI is InChI=1S/C21H26O6/c1-9-6-14(25-4)20(24)21(3)12(9)8-13-16-11(7-15(22)27-13)10(2)19(26-5)18(23)17(16)21/h6,9,11-13,16-17H,7-8H2,1-5H3/t9-,11+,12+,13-,16-,17-,21+/m1/s1. The molecule has 2 fully saturated rings. The number of esters is 1. The molecule has 0 aromatic rings. The summed E-state index contributed by atoms with van der Waals surface area (Å²) in [7, 11) is 2.97. The first kappa shape index (κ1) is 18.3. The van der Waals surface area contributed by atoms with Crippen molar-refractivity contribution in [3.8, 4) is 0 Å². The zero-order valence-corrected chi connectivity index (χ0v) is 16.4. The van der Waals surface area contributed by atoms with Gasteiger partial charge in [0.1, 0.15) is 6.10 Å². The van der Waals surface area contributed by atoms with Crippen molar-refractivity contribution in [1.82, 2.24) is 0 Å². The first-order chi connectivity index (χ1) is 12.7. The van der Waals surface area contributed by atoms with Crippen LogP contribution in [-0.4, -0.2) is 37.9 Å². The number of methoxy groups -OCH3 is 2. The fourth-order valence-corrected chi connectivity index (χ4v) is 6.23. The van der Waals surface area contributed by atoms with Gasteiger partial charge in [-0.2, -0.15) is 0 Å². The molecule has 0 amide bonds. The van der Waals surface area contributed by atoms with Gasteiger partial charge >= 0.3 is 5.97 Å². The number of hydrogen-bond acceptors (Lipinski definition) is 6. The van der Waals surface area contributed by atoms with E-state index in [0.29, 0.717) is 17.9 Å². The molecule has 1 saturated heterocycles. The van der Waals surface area contributed by atoms with Crippen molar-refractivity contribution in [2.75, 3.05) is 14.2 Å². The van der Waals surface area contributed by atoms with Crippen LogP contribution in [0.3, 0.4) is 0 Å². The number of fused-ring (bicyclic) bond motifs is 2. The largest absolute Gasteiger partial charge is 0.493 e. The zero-order valence-electron chi connectivity index (χ0n) is 16.4. The zero-order chi connectivity index (χ0) is 19.7. The molecule has 7 atom stereocenters. The Labute approximate surface area is 158 Å². The van der Waals surface area contributed by atoms with E-state index in [4.69, 9.17) is 14.2 Å². The molecule has 146 valence electrons. The van der Waals surface area contributed by atoms with E-state index in [0.717, 1.165) is 5.57 Å². The Kier molecular flexibility index (Phi) is 4.02. The van der Waals surface area contributed by atoms with Crippen LogP contribution in [0.15, 0.2) is 23.2 Å². The average Bonchev–Trinajstić information content (AvgIpc) is 2.63. The third kappa shape index (κ3) is 2.21. The van der Waals surface area contributed by atoms with Gasteiger partial charge in [0.25, 0.3) is 0 Å². The van der Waals surface area contributed by atoms with Crippen LogP contribution in [-0.2, 0) is 28.6 Å². The van der Waals surface area contributed by atoms with E-state index < -0.39 is 11.3 Å². The van der Waals surface area contributed by atoms with Crippen LogP contribution in [0.5, 0.6) is 0 Å². The Morgan fingerprint density at radius 3 is 2.52 bits per heavy atom. The van der Waals surface area contributed by atoms with Crippen LogP contribution in [0.1, 0.15) is 33.6 Å². The van der Waals surface area contributed by atoms with Gasteiger partial charge in [-0.15, -0.1) is 0 Å². The van der Waals surface area contributed by atoms with Crippen molar-refractivity contribution >= 4 is 17.5 Å². The molecule has 0 aromatic heterocycles. The molecule has 3 aliphatic carbocycles. The summed E-state index contributed by atoms with van der Waals surface area (Å²) in [4.78, 5) is 39.1. The Morgan fingerprint density at radius 2 is 1.89 bits per heavy atom. The van der Waals surface area contributed by atoms with Crippen LogP contribution in [0.4, 0.5) is 0 Å². The molecule has 1 heterocycles. The Hall–Kier alpha value is -2.11. The highest BCUT2D eigenvalue weighted by atomic mass is 16.5. The fourth-order valence-electron chi connectivity index (χ4n) is 6.23. The highest BCUT2D eigenvalue weighted by Gasteiger charge is 2.67. The summed E-state index contributed by atoms with van der Waals surface area (Å²) < 4.78 is 16.5. The monoisotopic (exact) mass is 374 g/mol. The lowest BCUT2D eigenvalue weighted by atomic mass is 9.45. The van der Waals surface area contributed by atoms with E-state index in [1.165, 1.54) is 14.2 Å². The summed E-state index contributed by atoms with van der Waals surface area (Å²) in [5.41, 5.74) is -0.101. The minimum absolute atomic E-state index is 0.0356. The number of Topliss-reactive ketones (excluding diaryl/α,β-unsaturated/α-hetero) is 2. The van der Waals surface area contributed by atoms with Crippen molar-refractivity contribution in [1.29, 1.82) is 0 Å². The number of carbonyl (C=O) groups is 3. The molecular formula is C21H26O6. The van der Waals surface area contributed by atoms with Crippen molar-refractivity contribution in [3.63, 3.8) is 0 Å². The summed E-state index contributed by atoms with van der Waals surface area (Å²) in [5.74, 6) is -0.861. The molecule has 0 unspecified atom stereocenters. The lowest BCUT2D eigenvalue weighted by molar-refractivity contribution is -0.192. The Balaban J connectivity index is 1.92. The number of allylic oxidation sites excluding steroid dienone is 4. The summed E-state index contributed by atoms with van der Waals surface area (Å²) >= 11 is 0. The van der Waals surface area contributed by atoms with Crippen molar-refractivity contribution < 1.29 is 28.6 Å². The second-order valence-corrected chi connectivity index (χ2v) is 8.52. The third-order valence-electron chi connectivity index (χ3n) is 7.46. The smallest absolute Gasteiger partial charge is 0.306 e. The molecule has 0 bridgehead atoms. The highest BCUT2D eigenvalue weighted by molar-refractivity contribution is 6.07.